The molecular formula is C24H16F2O2S. The van der Waals surface area contributed by atoms with Crippen LogP contribution in [0.2, 0.25) is 0 Å². The molecule has 5 heteroatoms. The maximum atomic E-state index is 15.2. The standard InChI is InChI=1S/C24H16F2O2S/c25-23-19(17-9-3-1-4-10-17)13-7-15-21(23)29(27,28)22-16-8-14-20(24(22)26)18-11-5-2-6-12-18/h1-16H. The fourth-order valence-electron chi connectivity index (χ4n) is 3.24. The van der Waals surface area contributed by atoms with Crippen molar-refractivity contribution in [2.75, 3.05) is 0 Å². The first-order valence-corrected chi connectivity index (χ1v) is 10.4. The molecular weight excluding hydrogens is 390 g/mol. The Kier molecular flexibility index (Phi) is 4.99. The van der Waals surface area contributed by atoms with Crippen LogP contribution in [-0.2, 0) is 9.84 Å². The SMILES string of the molecule is O=S(=O)(c1cccc(-c2ccccc2)c1F)c1cccc(-c2ccccc2)c1F. The van der Waals surface area contributed by atoms with Gasteiger partial charge >= 0.3 is 0 Å². The van der Waals surface area contributed by atoms with Gasteiger partial charge in [-0.25, -0.2) is 17.2 Å². The second-order valence-electron chi connectivity index (χ2n) is 6.47. The molecule has 0 spiro atoms. The van der Waals surface area contributed by atoms with Gasteiger partial charge in [0.15, 0.2) is 0 Å². The van der Waals surface area contributed by atoms with Crippen LogP contribution in [0.4, 0.5) is 8.78 Å². The van der Waals surface area contributed by atoms with Crippen molar-refractivity contribution in [3.8, 4) is 22.3 Å². The van der Waals surface area contributed by atoms with E-state index < -0.39 is 31.3 Å². The minimum atomic E-state index is -4.41. The summed E-state index contributed by atoms with van der Waals surface area (Å²) in [5.41, 5.74) is 1.37. The minimum absolute atomic E-state index is 0.145. The van der Waals surface area contributed by atoms with Crippen LogP contribution in [0, 0.1) is 11.6 Å². The monoisotopic (exact) mass is 406 g/mol. The number of benzene rings is 4. The molecule has 0 aromatic heterocycles. The van der Waals surface area contributed by atoms with Crippen molar-refractivity contribution in [3.63, 3.8) is 0 Å². The quantitative estimate of drug-likeness (QED) is 0.408. The third-order valence-electron chi connectivity index (χ3n) is 4.68. The van der Waals surface area contributed by atoms with Crippen molar-refractivity contribution in [3.05, 3.63) is 109 Å². The van der Waals surface area contributed by atoms with Gasteiger partial charge in [-0.2, -0.15) is 0 Å². The summed E-state index contributed by atoms with van der Waals surface area (Å²) >= 11 is 0. The molecule has 0 saturated heterocycles. The summed E-state index contributed by atoms with van der Waals surface area (Å²) in [6.45, 7) is 0. The minimum Gasteiger partial charge on any atom is -0.218 e. The molecule has 0 saturated carbocycles. The lowest BCUT2D eigenvalue weighted by atomic mass is 10.1. The maximum Gasteiger partial charge on any atom is 0.212 e. The van der Waals surface area contributed by atoms with E-state index in [9.17, 15) is 8.42 Å². The first kappa shape index (κ1) is 19.0. The summed E-state index contributed by atoms with van der Waals surface area (Å²) in [4.78, 5) is -1.11. The molecule has 0 radical (unpaired) electrons. The highest BCUT2D eigenvalue weighted by Crippen LogP contribution is 2.34. The highest BCUT2D eigenvalue weighted by Gasteiger charge is 2.28. The molecule has 4 rings (SSSR count). The molecule has 0 fully saturated rings. The van der Waals surface area contributed by atoms with E-state index in [-0.39, 0.29) is 11.1 Å². The maximum absolute atomic E-state index is 15.2. The van der Waals surface area contributed by atoms with Gasteiger partial charge in [0, 0.05) is 11.1 Å². The Balaban J connectivity index is 1.88. The number of halogens is 2. The third kappa shape index (κ3) is 3.45. The van der Waals surface area contributed by atoms with E-state index in [4.69, 9.17) is 0 Å². The molecule has 0 bridgehead atoms. The summed E-state index contributed by atoms with van der Waals surface area (Å²) < 4.78 is 56.7. The van der Waals surface area contributed by atoms with Crippen LogP contribution in [0.25, 0.3) is 22.3 Å². The molecule has 4 aromatic rings. The Labute approximate surface area is 168 Å². The van der Waals surface area contributed by atoms with Gasteiger partial charge in [-0.05, 0) is 23.3 Å². The van der Waals surface area contributed by atoms with Crippen molar-refractivity contribution in [1.29, 1.82) is 0 Å². The smallest absolute Gasteiger partial charge is 0.212 e. The molecule has 0 unspecified atom stereocenters. The van der Waals surface area contributed by atoms with E-state index in [1.165, 1.54) is 24.3 Å². The van der Waals surface area contributed by atoms with E-state index in [2.05, 4.69) is 0 Å². The van der Waals surface area contributed by atoms with Crippen LogP contribution in [0.15, 0.2) is 107 Å². The Bertz CT molecular complexity index is 1170. The average Bonchev–Trinajstić information content (AvgIpc) is 2.75. The molecule has 0 amide bonds. The van der Waals surface area contributed by atoms with E-state index in [1.54, 1.807) is 60.7 Å². The van der Waals surface area contributed by atoms with E-state index in [1.807, 2.05) is 0 Å². The topological polar surface area (TPSA) is 34.1 Å². The van der Waals surface area contributed by atoms with E-state index in [0.717, 1.165) is 12.1 Å². The summed E-state index contributed by atoms with van der Waals surface area (Å²) in [6, 6.07) is 25.5. The zero-order valence-corrected chi connectivity index (χ0v) is 16.0. The molecule has 29 heavy (non-hydrogen) atoms. The zero-order valence-electron chi connectivity index (χ0n) is 15.2. The zero-order chi connectivity index (χ0) is 20.4. The fourth-order valence-corrected chi connectivity index (χ4v) is 4.68. The van der Waals surface area contributed by atoms with Crippen molar-refractivity contribution in [2.45, 2.75) is 9.79 Å². The normalized spacial score (nSPS) is 11.4. The second-order valence-corrected chi connectivity index (χ2v) is 8.36. The van der Waals surface area contributed by atoms with Crippen molar-refractivity contribution in [2.24, 2.45) is 0 Å². The Morgan fingerprint density at radius 3 is 1.24 bits per heavy atom. The highest BCUT2D eigenvalue weighted by atomic mass is 32.2. The lowest BCUT2D eigenvalue weighted by Gasteiger charge is -2.12. The summed E-state index contributed by atoms with van der Waals surface area (Å²) in [6.07, 6.45) is 0. The number of sulfone groups is 1. The van der Waals surface area contributed by atoms with E-state index >= 15 is 8.78 Å². The van der Waals surface area contributed by atoms with Crippen molar-refractivity contribution < 1.29 is 17.2 Å². The summed E-state index contributed by atoms with van der Waals surface area (Å²) in [5.74, 6) is -1.80. The van der Waals surface area contributed by atoms with Gasteiger partial charge in [0.2, 0.25) is 9.84 Å². The molecule has 144 valence electrons. The predicted molar refractivity (Wildman–Crippen MR) is 109 cm³/mol. The lowest BCUT2D eigenvalue weighted by molar-refractivity contribution is 0.554. The number of rotatable bonds is 4. The highest BCUT2D eigenvalue weighted by molar-refractivity contribution is 7.91. The Morgan fingerprint density at radius 2 is 0.862 bits per heavy atom. The van der Waals surface area contributed by atoms with Crippen LogP contribution in [-0.4, -0.2) is 8.42 Å². The molecule has 0 atom stereocenters. The lowest BCUT2D eigenvalue weighted by Crippen LogP contribution is -2.08. The average molecular weight is 406 g/mol. The molecule has 0 N–H and O–H groups in total. The van der Waals surface area contributed by atoms with Gasteiger partial charge in [0.1, 0.15) is 21.4 Å². The number of hydrogen-bond acceptors (Lipinski definition) is 2. The third-order valence-corrected chi connectivity index (χ3v) is 6.46. The fraction of sp³-hybridized carbons (Fsp3) is 0. The molecule has 0 heterocycles. The first-order chi connectivity index (χ1) is 14.0. The molecule has 0 aliphatic carbocycles. The van der Waals surface area contributed by atoms with Gasteiger partial charge in [0.05, 0.1) is 0 Å². The van der Waals surface area contributed by atoms with Crippen molar-refractivity contribution in [1.82, 2.24) is 0 Å². The summed E-state index contributed by atoms with van der Waals surface area (Å²) in [5, 5.41) is 0. The van der Waals surface area contributed by atoms with E-state index in [0.29, 0.717) is 11.1 Å². The summed E-state index contributed by atoms with van der Waals surface area (Å²) in [7, 11) is -4.41. The largest absolute Gasteiger partial charge is 0.218 e. The number of hydrogen-bond donors (Lipinski definition) is 0. The first-order valence-electron chi connectivity index (χ1n) is 8.93. The van der Waals surface area contributed by atoms with Crippen LogP contribution in [0.3, 0.4) is 0 Å². The van der Waals surface area contributed by atoms with Crippen molar-refractivity contribution >= 4 is 9.84 Å². The molecule has 2 nitrogen and oxygen atoms in total. The second kappa shape index (κ2) is 7.60. The van der Waals surface area contributed by atoms with Gasteiger partial charge < -0.3 is 0 Å². The van der Waals surface area contributed by atoms with Gasteiger partial charge in [-0.3, -0.25) is 0 Å². The van der Waals surface area contributed by atoms with Crippen LogP contribution >= 0.6 is 0 Å². The Morgan fingerprint density at radius 1 is 0.483 bits per heavy atom. The van der Waals surface area contributed by atoms with Crippen LogP contribution in [0.5, 0.6) is 0 Å². The molecule has 0 aliphatic rings. The predicted octanol–water partition coefficient (Wildman–Crippen LogP) is 6.13. The van der Waals surface area contributed by atoms with Gasteiger partial charge in [-0.15, -0.1) is 0 Å². The van der Waals surface area contributed by atoms with Crippen LogP contribution < -0.4 is 0 Å². The molecule has 0 aliphatic heterocycles. The van der Waals surface area contributed by atoms with Crippen LogP contribution in [0.1, 0.15) is 0 Å². The Hall–Kier alpha value is -3.31. The molecule has 4 aromatic carbocycles. The van der Waals surface area contributed by atoms with Gasteiger partial charge in [-0.1, -0.05) is 84.9 Å². The van der Waals surface area contributed by atoms with Gasteiger partial charge in [0.25, 0.3) is 0 Å².